The van der Waals surface area contributed by atoms with E-state index in [0.717, 1.165) is 17.5 Å². The number of nitrogens with zero attached hydrogens (tertiary/aromatic N) is 2. The van der Waals surface area contributed by atoms with Crippen molar-refractivity contribution in [2.45, 2.75) is 26.4 Å². The summed E-state index contributed by atoms with van der Waals surface area (Å²) < 4.78 is 0. The third kappa shape index (κ3) is 2.04. The van der Waals surface area contributed by atoms with Crippen molar-refractivity contribution in [3.8, 4) is 0 Å². The number of rotatable bonds is 3. The average Bonchev–Trinajstić information content (AvgIpc) is 2.36. The largest absolute Gasteiger partial charge is 0.386 e. The van der Waals surface area contributed by atoms with Crippen LogP contribution < -0.4 is 0 Å². The minimum Gasteiger partial charge on any atom is -0.386 e. The molecule has 0 radical (unpaired) electrons. The van der Waals surface area contributed by atoms with Gasteiger partial charge in [0.15, 0.2) is 0 Å². The molecule has 0 spiro atoms. The van der Waals surface area contributed by atoms with Gasteiger partial charge in [0.1, 0.15) is 6.10 Å². The monoisotopic (exact) mass is 216 g/mol. The Morgan fingerprint density at radius 1 is 1.25 bits per heavy atom. The van der Waals surface area contributed by atoms with E-state index in [9.17, 15) is 5.11 Å². The number of para-hydroxylation sites is 2. The maximum Gasteiger partial charge on any atom is 0.100 e. The molecule has 0 saturated carbocycles. The Labute approximate surface area is 95.2 Å². The molecule has 3 nitrogen and oxygen atoms in total. The van der Waals surface area contributed by atoms with Gasteiger partial charge in [-0.15, -0.1) is 0 Å². The van der Waals surface area contributed by atoms with Crippen LogP contribution in [0.4, 0.5) is 0 Å². The fourth-order valence-corrected chi connectivity index (χ4v) is 1.63. The van der Waals surface area contributed by atoms with Crippen molar-refractivity contribution in [1.29, 1.82) is 0 Å². The zero-order valence-electron chi connectivity index (χ0n) is 9.59. The zero-order chi connectivity index (χ0) is 11.5. The van der Waals surface area contributed by atoms with Crippen molar-refractivity contribution in [3.05, 3.63) is 36.2 Å². The molecule has 3 heteroatoms. The van der Waals surface area contributed by atoms with Gasteiger partial charge in [0, 0.05) is 0 Å². The van der Waals surface area contributed by atoms with E-state index in [4.69, 9.17) is 0 Å². The first-order valence-electron chi connectivity index (χ1n) is 5.62. The van der Waals surface area contributed by atoms with Crippen molar-refractivity contribution in [3.63, 3.8) is 0 Å². The minimum absolute atomic E-state index is 0.204. The molecule has 84 valence electrons. The molecular formula is C13H16N2O. The smallest absolute Gasteiger partial charge is 0.100 e. The molecule has 1 aromatic carbocycles. The molecule has 0 aliphatic carbocycles. The molecule has 2 rings (SSSR count). The molecular weight excluding hydrogens is 200 g/mol. The number of hydrogen-bond acceptors (Lipinski definition) is 3. The van der Waals surface area contributed by atoms with E-state index in [0.29, 0.717) is 5.69 Å². The SMILES string of the molecule is CCC(C)C(O)c1cnc2ccccc2n1. The van der Waals surface area contributed by atoms with Gasteiger partial charge in [-0.05, 0) is 18.1 Å². The molecule has 1 heterocycles. The predicted molar refractivity (Wildman–Crippen MR) is 64.0 cm³/mol. The molecule has 1 N–H and O–H groups in total. The Kier molecular flexibility index (Phi) is 3.15. The molecule has 2 aromatic rings. The van der Waals surface area contributed by atoms with Crippen LogP contribution in [0.3, 0.4) is 0 Å². The Morgan fingerprint density at radius 3 is 2.62 bits per heavy atom. The third-order valence-corrected chi connectivity index (χ3v) is 2.95. The quantitative estimate of drug-likeness (QED) is 0.858. The fourth-order valence-electron chi connectivity index (χ4n) is 1.63. The van der Waals surface area contributed by atoms with E-state index in [1.165, 1.54) is 0 Å². The first-order valence-corrected chi connectivity index (χ1v) is 5.62. The molecule has 0 aliphatic rings. The molecule has 0 amide bonds. The van der Waals surface area contributed by atoms with Crippen molar-refractivity contribution in [2.24, 2.45) is 5.92 Å². The second-order valence-corrected chi connectivity index (χ2v) is 4.11. The Morgan fingerprint density at radius 2 is 1.94 bits per heavy atom. The molecule has 2 unspecified atom stereocenters. The lowest BCUT2D eigenvalue weighted by Gasteiger charge is -2.16. The summed E-state index contributed by atoms with van der Waals surface area (Å²) in [6, 6.07) is 7.69. The second-order valence-electron chi connectivity index (χ2n) is 4.11. The molecule has 2 atom stereocenters. The van der Waals surface area contributed by atoms with Gasteiger partial charge in [-0.25, -0.2) is 4.98 Å². The van der Waals surface area contributed by atoms with Crippen LogP contribution in [0.5, 0.6) is 0 Å². The first kappa shape index (κ1) is 11.0. The average molecular weight is 216 g/mol. The standard InChI is InChI=1S/C13H16N2O/c1-3-9(2)13(16)12-8-14-10-6-4-5-7-11(10)15-12/h4-9,13,16H,3H2,1-2H3. The third-order valence-electron chi connectivity index (χ3n) is 2.95. The molecule has 1 aromatic heterocycles. The van der Waals surface area contributed by atoms with Crippen molar-refractivity contribution < 1.29 is 5.11 Å². The number of fused-ring (bicyclic) bond motifs is 1. The summed E-state index contributed by atoms with van der Waals surface area (Å²) in [5.74, 6) is 0.204. The Balaban J connectivity index is 2.39. The van der Waals surface area contributed by atoms with E-state index in [-0.39, 0.29) is 5.92 Å². The van der Waals surface area contributed by atoms with Crippen LogP contribution in [0.1, 0.15) is 32.1 Å². The Bertz CT molecular complexity index is 484. The molecule has 0 bridgehead atoms. The van der Waals surface area contributed by atoms with Gasteiger partial charge in [-0.1, -0.05) is 32.4 Å². The lowest BCUT2D eigenvalue weighted by Crippen LogP contribution is -2.10. The molecule has 0 saturated heterocycles. The lowest BCUT2D eigenvalue weighted by molar-refractivity contribution is 0.111. The highest BCUT2D eigenvalue weighted by molar-refractivity contribution is 5.73. The zero-order valence-corrected chi connectivity index (χ0v) is 9.59. The Hall–Kier alpha value is -1.48. The number of aliphatic hydroxyl groups excluding tert-OH is 1. The molecule has 0 aliphatic heterocycles. The summed E-state index contributed by atoms with van der Waals surface area (Å²) in [6.45, 7) is 4.07. The van der Waals surface area contributed by atoms with E-state index in [1.54, 1.807) is 6.20 Å². The van der Waals surface area contributed by atoms with Crippen LogP contribution in [0.15, 0.2) is 30.5 Å². The van der Waals surface area contributed by atoms with Gasteiger partial charge < -0.3 is 5.11 Å². The summed E-state index contributed by atoms with van der Waals surface area (Å²) in [7, 11) is 0. The van der Waals surface area contributed by atoms with E-state index < -0.39 is 6.10 Å². The van der Waals surface area contributed by atoms with Gasteiger partial charge in [-0.2, -0.15) is 0 Å². The normalized spacial score (nSPS) is 14.9. The highest BCUT2D eigenvalue weighted by Crippen LogP contribution is 2.23. The molecule has 0 fully saturated rings. The number of hydrogen-bond donors (Lipinski definition) is 1. The fraction of sp³-hybridized carbons (Fsp3) is 0.385. The van der Waals surface area contributed by atoms with Gasteiger partial charge >= 0.3 is 0 Å². The van der Waals surface area contributed by atoms with Crippen LogP contribution in [0.25, 0.3) is 11.0 Å². The van der Waals surface area contributed by atoms with Crippen LogP contribution >= 0.6 is 0 Å². The van der Waals surface area contributed by atoms with Crippen LogP contribution in [0, 0.1) is 5.92 Å². The van der Waals surface area contributed by atoms with Gasteiger partial charge in [0.25, 0.3) is 0 Å². The van der Waals surface area contributed by atoms with Gasteiger partial charge in [0.2, 0.25) is 0 Å². The predicted octanol–water partition coefficient (Wildman–Crippen LogP) is 2.71. The highest BCUT2D eigenvalue weighted by Gasteiger charge is 2.16. The summed E-state index contributed by atoms with van der Waals surface area (Å²) in [5.41, 5.74) is 2.36. The second kappa shape index (κ2) is 4.58. The maximum absolute atomic E-state index is 10.0. The topological polar surface area (TPSA) is 46.0 Å². The summed E-state index contributed by atoms with van der Waals surface area (Å²) >= 11 is 0. The maximum atomic E-state index is 10.0. The highest BCUT2D eigenvalue weighted by atomic mass is 16.3. The van der Waals surface area contributed by atoms with Crippen LogP contribution in [-0.2, 0) is 0 Å². The lowest BCUT2D eigenvalue weighted by atomic mass is 9.99. The van der Waals surface area contributed by atoms with Crippen molar-refractivity contribution >= 4 is 11.0 Å². The van der Waals surface area contributed by atoms with E-state index in [1.807, 2.05) is 31.2 Å². The van der Waals surface area contributed by atoms with Crippen molar-refractivity contribution in [2.75, 3.05) is 0 Å². The number of aliphatic hydroxyl groups is 1. The van der Waals surface area contributed by atoms with E-state index >= 15 is 0 Å². The van der Waals surface area contributed by atoms with Crippen LogP contribution in [0.2, 0.25) is 0 Å². The summed E-state index contributed by atoms with van der Waals surface area (Å²) in [6.07, 6.45) is 2.07. The number of benzene rings is 1. The summed E-state index contributed by atoms with van der Waals surface area (Å²) in [4.78, 5) is 8.73. The molecule has 16 heavy (non-hydrogen) atoms. The summed E-state index contributed by atoms with van der Waals surface area (Å²) in [5, 5.41) is 10.0. The first-order chi connectivity index (χ1) is 7.72. The van der Waals surface area contributed by atoms with Gasteiger partial charge in [0.05, 0.1) is 22.9 Å². The minimum atomic E-state index is -0.526. The van der Waals surface area contributed by atoms with E-state index in [2.05, 4.69) is 16.9 Å². The van der Waals surface area contributed by atoms with Crippen LogP contribution in [-0.4, -0.2) is 15.1 Å². The van der Waals surface area contributed by atoms with Gasteiger partial charge in [-0.3, -0.25) is 4.98 Å². The number of aromatic nitrogens is 2. The van der Waals surface area contributed by atoms with Crippen molar-refractivity contribution in [1.82, 2.24) is 9.97 Å².